The van der Waals surface area contributed by atoms with Crippen LogP contribution in [0.25, 0.3) is 0 Å². The Morgan fingerprint density at radius 3 is 2.68 bits per heavy atom. The number of nitrogens with zero attached hydrogens (tertiary/aromatic N) is 2. The Kier molecular flexibility index (Phi) is 8.56. The maximum absolute atomic E-state index is 10.8. The molecule has 0 saturated heterocycles. The second kappa shape index (κ2) is 10.9. The van der Waals surface area contributed by atoms with Crippen LogP contribution in [0.5, 0.6) is 5.75 Å². The lowest BCUT2D eigenvalue weighted by Gasteiger charge is -2.22. The van der Waals surface area contributed by atoms with Crippen LogP contribution in [0, 0.1) is 0 Å². The molecule has 0 saturated carbocycles. The van der Waals surface area contributed by atoms with Gasteiger partial charge in [-0.1, -0.05) is 30.3 Å². The van der Waals surface area contributed by atoms with Gasteiger partial charge in [-0.3, -0.25) is 9.79 Å². The molecule has 1 amide bonds. The van der Waals surface area contributed by atoms with E-state index in [0.29, 0.717) is 12.3 Å². The number of hydrogen-bond donors (Lipinski definition) is 2. The largest absolute Gasteiger partial charge is 0.484 e. The van der Waals surface area contributed by atoms with Gasteiger partial charge < -0.3 is 20.7 Å². The number of rotatable bonds is 7. The second-order valence-electron chi connectivity index (χ2n) is 6.41. The number of benzene rings is 2. The minimum atomic E-state index is -0.479. The number of carbonyl (C=O) groups is 1. The lowest BCUT2D eigenvalue weighted by molar-refractivity contribution is -0.119. The number of fused-ring (bicyclic) bond motifs is 1. The third kappa shape index (κ3) is 5.85. The highest BCUT2D eigenvalue weighted by Crippen LogP contribution is 2.27. The van der Waals surface area contributed by atoms with Crippen LogP contribution in [-0.4, -0.2) is 38.1 Å². The maximum atomic E-state index is 10.8. The molecule has 6 nitrogen and oxygen atoms in total. The Balaban J connectivity index is 0.00000280. The zero-order valence-electron chi connectivity index (χ0n) is 16.1. The van der Waals surface area contributed by atoms with Crippen molar-refractivity contribution >= 4 is 41.5 Å². The Hall–Kier alpha value is -2.29. The molecule has 0 fully saturated rings. The van der Waals surface area contributed by atoms with Crippen LogP contribution in [0.4, 0.5) is 5.69 Å². The van der Waals surface area contributed by atoms with Gasteiger partial charge in [0.1, 0.15) is 5.75 Å². The Morgan fingerprint density at radius 1 is 1.21 bits per heavy atom. The summed E-state index contributed by atoms with van der Waals surface area (Å²) in [5, 5.41) is 3.40. The number of amides is 1. The lowest BCUT2D eigenvalue weighted by atomic mass is 10.1. The van der Waals surface area contributed by atoms with Crippen LogP contribution in [0.15, 0.2) is 53.5 Å². The smallest absolute Gasteiger partial charge is 0.255 e. The number of nitrogens with two attached hydrogens (primary N) is 1. The molecule has 0 atom stereocenters. The third-order valence-electron chi connectivity index (χ3n) is 4.44. The molecule has 3 rings (SSSR count). The highest BCUT2D eigenvalue weighted by molar-refractivity contribution is 14.0. The van der Waals surface area contributed by atoms with Gasteiger partial charge in [0.05, 0.1) is 0 Å². The van der Waals surface area contributed by atoms with E-state index in [4.69, 9.17) is 15.5 Å². The molecule has 1 aliphatic rings. The molecule has 1 heterocycles. The molecule has 0 radical (unpaired) electrons. The van der Waals surface area contributed by atoms with E-state index >= 15 is 0 Å². The Morgan fingerprint density at radius 2 is 1.96 bits per heavy atom. The fraction of sp³-hybridized carbons (Fsp3) is 0.333. The SMILES string of the molecule is CCNC(=NCCc1ccc(OCC(N)=O)cc1)N1CCc2ccccc21.I. The Bertz CT molecular complexity index is 808. The zero-order chi connectivity index (χ0) is 19.1. The molecule has 2 aromatic carbocycles. The number of para-hydroxylation sites is 1. The van der Waals surface area contributed by atoms with E-state index in [0.717, 1.165) is 31.9 Å². The third-order valence-corrected chi connectivity index (χ3v) is 4.44. The highest BCUT2D eigenvalue weighted by atomic mass is 127. The van der Waals surface area contributed by atoms with Gasteiger partial charge in [0.15, 0.2) is 12.6 Å². The monoisotopic (exact) mass is 494 g/mol. The molecule has 0 bridgehead atoms. The summed E-state index contributed by atoms with van der Waals surface area (Å²) < 4.78 is 5.28. The topological polar surface area (TPSA) is 80.0 Å². The van der Waals surface area contributed by atoms with Crippen LogP contribution in [0.1, 0.15) is 18.1 Å². The normalized spacial score (nSPS) is 12.9. The lowest BCUT2D eigenvalue weighted by Crippen LogP contribution is -2.40. The first-order chi connectivity index (χ1) is 13.2. The molecule has 2 aromatic rings. The number of aliphatic imine (C=N–C) groups is 1. The summed E-state index contributed by atoms with van der Waals surface area (Å²) in [5.41, 5.74) is 8.86. The van der Waals surface area contributed by atoms with E-state index in [9.17, 15) is 4.79 Å². The van der Waals surface area contributed by atoms with E-state index in [1.807, 2.05) is 24.3 Å². The molecule has 7 heteroatoms. The van der Waals surface area contributed by atoms with Crippen molar-refractivity contribution in [3.63, 3.8) is 0 Å². The van der Waals surface area contributed by atoms with Crippen molar-refractivity contribution in [1.29, 1.82) is 0 Å². The zero-order valence-corrected chi connectivity index (χ0v) is 18.4. The molecule has 150 valence electrons. The van der Waals surface area contributed by atoms with Gasteiger partial charge in [-0.25, -0.2) is 0 Å². The van der Waals surface area contributed by atoms with Crippen molar-refractivity contribution in [3.8, 4) is 5.75 Å². The molecule has 0 aliphatic carbocycles. The van der Waals surface area contributed by atoms with Crippen molar-refractivity contribution in [2.75, 3.05) is 31.1 Å². The quantitative estimate of drug-likeness (QED) is 0.353. The van der Waals surface area contributed by atoms with Crippen LogP contribution < -0.4 is 20.7 Å². The van der Waals surface area contributed by atoms with E-state index in [2.05, 4.69) is 41.4 Å². The number of nitrogens with one attached hydrogen (secondary N) is 1. The van der Waals surface area contributed by atoms with E-state index in [-0.39, 0.29) is 30.6 Å². The predicted octanol–water partition coefficient (Wildman–Crippen LogP) is 2.74. The molecule has 28 heavy (non-hydrogen) atoms. The molecule has 0 unspecified atom stereocenters. The number of primary amides is 1. The van der Waals surface area contributed by atoms with Gasteiger partial charge in [0.2, 0.25) is 0 Å². The van der Waals surface area contributed by atoms with Crippen molar-refractivity contribution in [3.05, 3.63) is 59.7 Å². The van der Waals surface area contributed by atoms with Crippen molar-refractivity contribution in [1.82, 2.24) is 5.32 Å². The number of carbonyl (C=O) groups excluding carboxylic acids is 1. The average molecular weight is 494 g/mol. The van der Waals surface area contributed by atoms with Gasteiger partial charge >= 0.3 is 0 Å². The molecule has 0 aromatic heterocycles. The van der Waals surface area contributed by atoms with Crippen LogP contribution in [-0.2, 0) is 17.6 Å². The summed E-state index contributed by atoms with van der Waals surface area (Å²) in [6.07, 6.45) is 1.88. The molecule has 3 N–H and O–H groups in total. The van der Waals surface area contributed by atoms with Crippen molar-refractivity contribution in [2.24, 2.45) is 10.7 Å². The molecule has 0 spiro atoms. The second-order valence-corrected chi connectivity index (χ2v) is 6.41. The molecule has 1 aliphatic heterocycles. The minimum Gasteiger partial charge on any atom is -0.484 e. The van der Waals surface area contributed by atoms with Crippen LogP contribution in [0.3, 0.4) is 0 Å². The number of guanidine groups is 1. The van der Waals surface area contributed by atoms with E-state index in [1.165, 1.54) is 16.8 Å². The molecular formula is C21H27IN4O2. The van der Waals surface area contributed by atoms with E-state index in [1.54, 1.807) is 0 Å². The van der Waals surface area contributed by atoms with Crippen LogP contribution >= 0.6 is 24.0 Å². The summed E-state index contributed by atoms with van der Waals surface area (Å²) in [6.45, 7) is 4.47. The highest BCUT2D eigenvalue weighted by Gasteiger charge is 2.22. The Labute approximate surface area is 183 Å². The predicted molar refractivity (Wildman–Crippen MR) is 124 cm³/mol. The fourth-order valence-corrected chi connectivity index (χ4v) is 3.15. The van der Waals surface area contributed by atoms with Gasteiger partial charge in [-0.15, -0.1) is 24.0 Å². The number of halogens is 1. The summed E-state index contributed by atoms with van der Waals surface area (Å²) in [5.74, 6) is 1.10. The minimum absolute atomic E-state index is 0. The number of anilines is 1. The first-order valence-electron chi connectivity index (χ1n) is 9.31. The summed E-state index contributed by atoms with van der Waals surface area (Å²) in [7, 11) is 0. The fourth-order valence-electron chi connectivity index (χ4n) is 3.15. The molecular weight excluding hydrogens is 467 g/mol. The number of ether oxygens (including phenoxy) is 1. The van der Waals surface area contributed by atoms with Crippen LogP contribution in [0.2, 0.25) is 0 Å². The maximum Gasteiger partial charge on any atom is 0.255 e. The average Bonchev–Trinajstić information content (AvgIpc) is 3.11. The van der Waals surface area contributed by atoms with E-state index < -0.39 is 5.91 Å². The first-order valence-corrected chi connectivity index (χ1v) is 9.31. The number of hydrogen-bond acceptors (Lipinski definition) is 3. The summed E-state index contributed by atoms with van der Waals surface area (Å²) >= 11 is 0. The summed E-state index contributed by atoms with van der Waals surface area (Å²) in [4.78, 5) is 17.8. The van der Waals surface area contributed by atoms with Gasteiger partial charge in [-0.2, -0.15) is 0 Å². The van der Waals surface area contributed by atoms with Gasteiger partial charge in [0.25, 0.3) is 5.91 Å². The standard InChI is InChI=1S/C21H26N4O2.HI/c1-2-23-21(25-14-12-17-5-3-4-6-19(17)25)24-13-11-16-7-9-18(10-8-16)27-15-20(22)26;/h3-10H,2,11-15H2,1H3,(H2,22,26)(H,23,24);1H. The van der Waals surface area contributed by atoms with Gasteiger partial charge in [-0.05, 0) is 49.1 Å². The van der Waals surface area contributed by atoms with Gasteiger partial charge in [0, 0.05) is 25.3 Å². The summed E-state index contributed by atoms with van der Waals surface area (Å²) in [6, 6.07) is 16.2. The van der Waals surface area contributed by atoms with Crippen molar-refractivity contribution in [2.45, 2.75) is 19.8 Å². The van der Waals surface area contributed by atoms with Crippen molar-refractivity contribution < 1.29 is 9.53 Å². The first kappa shape index (κ1) is 22.0.